The summed E-state index contributed by atoms with van der Waals surface area (Å²) in [6, 6.07) is 6.17. The van der Waals surface area contributed by atoms with Crippen molar-refractivity contribution in [1.29, 1.82) is 0 Å². The van der Waals surface area contributed by atoms with Gasteiger partial charge in [0.05, 0.1) is 17.1 Å². The number of aromatic amines is 1. The summed E-state index contributed by atoms with van der Waals surface area (Å²) in [6.07, 6.45) is -0.291. The number of H-pyrrole nitrogens is 1. The Morgan fingerprint density at radius 1 is 1.37 bits per heavy atom. The van der Waals surface area contributed by atoms with Gasteiger partial charge in [0.1, 0.15) is 6.23 Å². The molecule has 0 unspecified atom stereocenters. The van der Waals surface area contributed by atoms with E-state index in [9.17, 15) is 24.8 Å². The van der Waals surface area contributed by atoms with Gasteiger partial charge in [-0.15, -0.1) is 0 Å². The van der Waals surface area contributed by atoms with Crippen molar-refractivity contribution >= 4 is 5.69 Å². The third-order valence-electron chi connectivity index (χ3n) is 4.48. The predicted octanol–water partition coefficient (Wildman–Crippen LogP) is 0.191. The zero-order valence-corrected chi connectivity index (χ0v) is 14.6. The van der Waals surface area contributed by atoms with Gasteiger partial charge in [0.15, 0.2) is 0 Å². The summed E-state index contributed by atoms with van der Waals surface area (Å²) in [5, 5.41) is 24.0. The van der Waals surface area contributed by atoms with E-state index in [1.54, 1.807) is 19.1 Å². The van der Waals surface area contributed by atoms with Crippen LogP contribution in [0.2, 0.25) is 0 Å². The predicted molar refractivity (Wildman–Crippen MR) is 95.4 cm³/mol. The van der Waals surface area contributed by atoms with Gasteiger partial charge in [-0.1, -0.05) is 12.1 Å². The number of aryl methyl sites for hydroxylation is 1. The quantitative estimate of drug-likeness (QED) is 0.483. The molecule has 3 atom stereocenters. The molecule has 1 aliphatic heterocycles. The van der Waals surface area contributed by atoms with Gasteiger partial charge in [0, 0.05) is 43.4 Å². The molecule has 2 aromatic rings. The Bertz CT molecular complexity index is 936. The number of rotatable bonds is 6. The van der Waals surface area contributed by atoms with Crippen LogP contribution in [0, 0.1) is 17.0 Å². The summed E-state index contributed by atoms with van der Waals surface area (Å²) in [5.41, 5.74) is 0.237. The zero-order chi connectivity index (χ0) is 19.6. The lowest BCUT2D eigenvalue weighted by Gasteiger charge is -2.17. The molecule has 144 valence electrons. The van der Waals surface area contributed by atoms with Crippen molar-refractivity contribution in [3.05, 3.63) is 72.5 Å². The van der Waals surface area contributed by atoms with Gasteiger partial charge in [0.25, 0.3) is 11.2 Å². The van der Waals surface area contributed by atoms with E-state index in [0.29, 0.717) is 18.7 Å². The summed E-state index contributed by atoms with van der Waals surface area (Å²) >= 11 is 0. The Morgan fingerprint density at radius 2 is 2.07 bits per heavy atom. The first kappa shape index (κ1) is 19.0. The third kappa shape index (κ3) is 4.30. The van der Waals surface area contributed by atoms with Crippen LogP contribution in [0.25, 0.3) is 0 Å². The average molecular weight is 376 g/mol. The molecule has 1 saturated heterocycles. The number of ether oxygens (including phenoxy) is 1. The van der Waals surface area contributed by atoms with Crippen molar-refractivity contribution in [3.8, 4) is 0 Å². The molecule has 0 spiro atoms. The van der Waals surface area contributed by atoms with E-state index >= 15 is 0 Å². The monoisotopic (exact) mass is 376 g/mol. The Kier molecular flexibility index (Phi) is 5.49. The molecule has 3 rings (SSSR count). The summed E-state index contributed by atoms with van der Waals surface area (Å²) in [6.45, 7) is 2.38. The number of aliphatic hydroxyl groups is 1. The second kappa shape index (κ2) is 7.82. The second-order valence-electron chi connectivity index (χ2n) is 6.47. The largest absolute Gasteiger partial charge is 0.390 e. The smallest absolute Gasteiger partial charge is 0.330 e. The Balaban J connectivity index is 1.57. The molecule has 27 heavy (non-hydrogen) atoms. The first-order valence-corrected chi connectivity index (χ1v) is 8.45. The van der Waals surface area contributed by atoms with Crippen LogP contribution >= 0.6 is 0 Å². The van der Waals surface area contributed by atoms with Crippen molar-refractivity contribution in [3.63, 3.8) is 0 Å². The number of aliphatic hydroxyl groups excluding tert-OH is 1. The van der Waals surface area contributed by atoms with Gasteiger partial charge in [0.2, 0.25) is 0 Å². The van der Waals surface area contributed by atoms with Gasteiger partial charge in [-0.3, -0.25) is 24.5 Å². The fourth-order valence-electron chi connectivity index (χ4n) is 2.96. The van der Waals surface area contributed by atoms with Crippen LogP contribution in [0.3, 0.4) is 0 Å². The number of nitro benzene ring substituents is 1. The first-order chi connectivity index (χ1) is 12.8. The van der Waals surface area contributed by atoms with Gasteiger partial charge >= 0.3 is 5.69 Å². The van der Waals surface area contributed by atoms with Crippen molar-refractivity contribution in [2.45, 2.75) is 38.3 Å². The number of nitrogens with one attached hydrogen (secondary N) is 2. The van der Waals surface area contributed by atoms with Gasteiger partial charge in [-0.25, -0.2) is 4.79 Å². The molecular weight excluding hydrogens is 356 g/mol. The van der Waals surface area contributed by atoms with Crippen LogP contribution in [-0.2, 0) is 11.3 Å². The number of nitrogens with zero attached hydrogens (tertiary/aromatic N) is 2. The van der Waals surface area contributed by atoms with Crippen molar-refractivity contribution in [1.82, 2.24) is 14.9 Å². The van der Waals surface area contributed by atoms with E-state index in [0.717, 1.165) is 5.56 Å². The van der Waals surface area contributed by atoms with Crippen LogP contribution in [0.5, 0.6) is 0 Å². The molecule has 1 aromatic carbocycles. The van der Waals surface area contributed by atoms with Crippen molar-refractivity contribution in [2.75, 3.05) is 6.54 Å². The van der Waals surface area contributed by atoms with E-state index in [1.807, 2.05) is 0 Å². The van der Waals surface area contributed by atoms with Crippen molar-refractivity contribution < 1.29 is 14.8 Å². The molecule has 3 N–H and O–H groups in total. The second-order valence-corrected chi connectivity index (χ2v) is 6.47. The van der Waals surface area contributed by atoms with E-state index in [-0.39, 0.29) is 12.1 Å². The lowest BCUT2D eigenvalue weighted by molar-refractivity contribution is -0.384. The molecule has 1 fully saturated rings. The summed E-state index contributed by atoms with van der Waals surface area (Å²) in [5.74, 6) is 0. The fourth-order valence-corrected chi connectivity index (χ4v) is 2.96. The number of non-ortho nitro benzene ring substituents is 1. The number of hydrogen-bond donors (Lipinski definition) is 3. The maximum absolute atomic E-state index is 11.9. The maximum Gasteiger partial charge on any atom is 0.330 e. The molecule has 10 nitrogen and oxygen atoms in total. The Labute approximate surface area is 153 Å². The van der Waals surface area contributed by atoms with E-state index in [2.05, 4.69) is 10.3 Å². The minimum absolute atomic E-state index is 0.0257. The summed E-state index contributed by atoms with van der Waals surface area (Å²) in [4.78, 5) is 35.8. The third-order valence-corrected chi connectivity index (χ3v) is 4.48. The standard InChI is InChI=1S/C17H20N4O6/c1-10-9-20(17(24)19-16(10)23)15-6-13(22)14(27-15)8-18-7-11-2-4-12(5-3-11)21(25)26/h2-5,9,13-15,18,22H,6-8H2,1H3,(H,19,23,24)/t13-,14+,15-/m0/s1. The molecule has 2 heterocycles. The van der Waals surface area contributed by atoms with Crippen LogP contribution in [0.15, 0.2) is 40.1 Å². The van der Waals surface area contributed by atoms with Crippen molar-refractivity contribution in [2.24, 2.45) is 0 Å². The lowest BCUT2D eigenvalue weighted by Crippen LogP contribution is -2.35. The lowest BCUT2D eigenvalue weighted by atomic mass is 10.1. The number of nitro groups is 1. The Hall–Kier alpha value is -2.82. The molecule has 1 aromatic heterocycles. The van der Waals surface area contributed by atoms with E-state index < -0.39 is 34.6 Å². The first-order valence-electron chi connectivity index (χ1n) is 8.45. The molecule has 0 bridgehead atoms. The van der Waals surface area contributed by atoms with Gasteiger partial charge in [-0.05, 0) is 12.5 Å². The Morgan fingerprint density at radius 3 is 2.74 bits per heavy atom. The minimum atomic E-state index is -0.765. The molecule has 0 radical (unpaired) electrons. The van der Waals surface area contributed by atoms with Gasteiger partial charge in [-0.2, -0.15) is 0 Å². The summed E-state index contributed by atoms with van der Waals surface area (Å²) < 4.78 is 7.04. The molecular formula is C17H20N4O6. The van der Waals surface area contributed by atoms with E-state index in [4.69, 9.17) is 4.74 Å². The number of aromatic nitrogens is 2. The number of hydrogen-bond acceptors (Lipinski definition) is 7. The normalized spacial score (nSPS) is 22.1. The van der Waals surface area contributed by atoms with Crippen LogP contribution in [0.4, 0.5) is 5.69 Å². The number of benzene rings is 1. The van der Waals surface area contributed by atoms with Gasteiger partial charge < -0.3 is 15.2 Å². The zero-order valence-electron chi connectivity index (χ0n) is 14.6. The van der Waals surface area contributed by atoms with Crippen LogP contribution in [-0.4, -0.2) is 38.3 Å². The average Bonchev–Trinajstić information content (AvgIpc) is 2.99. The minimum Gasteiger partial charge on any atom is -0.390 e. The van der Waals surface area contributed by atoms with Crippen LogP contribution < -0.4 is 16.6 Å². The highest BCUT2D eigenvalue weighted by atomic mass is 16.6. The fraction of sp³-hybridized carbons (Fsp3) is 0.412. The highest BCUT2D eigenvalue weighted by Gasteiger charge is 2.35. The highest BCUT2D eigenvalue weighted by Crippen LogP contribution is 2.27. The molecule has 0 amide bonds. The molecule has 10 heteroatoms. The molecule has 1 aliphatic rings. The maximum atomic E-state index is 11.9. The van der Waals surface area contributed by atoms with Crippen LogP contribution in [0.1, 0.15) is 23.8 Å². The SMILES string of the molecule is Cc1cn([C@@H]2C[C@H](O)[C@@H](CNCc3ccc([N+](=O)[O-])cc3)O2)c(=O)[nH]c1=O. The molecule has 0 saturated carbocycles. The topological polar surface area (TPSA) is 139 Å². The summed E-state index contributed by atoms with van der Waals surface area (Å²) in [7, 11) is 0. The van der Waals surface area contributed by atoms with E-state index in [1.165, 1.54) is 22.9 Å². The molecule has 0 aliphatic carbocycles. The highest BCUT2D eigenvalue weighted by molar-refractivity contribution is 5.32.